The van der Waals surface area contributed by atoms with Gasteiger partial charge in [0.05, 0.1) is 0 Å². The molecule has 1 atom stereocenters. The number of rotatable bonds is 5. The van der Waals surface area contributed by atoms with Crippen molar-refractivity contribution in [3.63, 3.8) is 0 Å². The van der Waals surface area contributed by atoms with Crippen molar-refractivity contribution < 1.29 is 9.53 Å². The Morgan fingerprint density at radius 1 is 1.00 bits per heavy atom. The summed E-state index contributed by atoms with van der Waals surface area (Å²) in [6, 6.07) is 13.7. The van der Waals surface area contributed by atoms with E-state index in [0.29, 0.717) is 12.2 Å². The molecule has 2 rings (SSSR count). The third-order valence-electron chi connectivity index (χ3n) is 3.45. The standard InChI is InChI=1S/C19H23NO2/c1-5-18(22-17-8-6-13(2)7-9-17)19(21)20-16-11-14(3)10-15(4)12-16/h6-12,18H,5H2,1-4H3,(H,20,21). The van der Waals surface area contributed by atoms with Crippen LogP contribution in [-0.4, -0.2) is 12.0 Å². The maximum atomic E-state index is 12.4. The number of carbonyl (C=O) groups is 1. The lowest BCUT2D eigenvalue weighted by atomic mass is 10.1. The van der Waals surface area contributed by atoms with E-state index in [9.17, 15) is 4.79 Å². The smallest absolute Gasteiger partial charge is 0.265 e. The molecule has 0 saturated carbocycles. The zero-order valence-corrected chi connectivity index (χ0v) is 13.6. The Morgan fingerprint density at radius 3 is 2.14 bits per heavy atom. The summed E-state index contributed by atoms with van der Waals surface area (Å²) in [4.78, 5) is 12.4. The zero-order chi connectivity index (χ0) is 16.1. The molecule has 0 radical (unpaired) electrons. The van der Waals surface area contributed by atoms with E-state index in [-0.39, 0.29) is 5.91 Å². The summed E-state index contributed by atoms with van der Waals surface area (Å²) < 4.78 is 5.80. The number of nitrogens with one attached hydrogen (secondary N) is 1. The molecule has 0 heterocycles. The van der Waals surface area contributed by atoms with Crippen molar-refractivity contribution in [2.24, 2.45) is 0 Å². The lowest BCUT2D eigenvalue weighted by Gasteiger charge is -2.18. The zero-order valence-electron chi connectivity index (χ0n) is 13.6. The van der Waals surface area contributed by atoms with Gasteiger partial charge in [-0.3, -0.25) is 4.79 Å². The van der Waals surface area contributed by atoms with Gasteiger partial charge in [-0.05, 0) is 62.6 Å². The summed E-state index contributed by atoms with van der Waals surface area (Å²) >= 11 is 0. The normalized spacial score (nSPS) is 11.8. The maximum absolute atomic E-state index is 12.4. The quantitative estimate of drug-likeness (QED) is 0.888. The Morgan fingerprint density at radius 2 is 1.59 bits per heavy atom. The summed E-state index contributed by atoms with van der Waals surface area (Å²) in [5.74, 6) is 0.598. The first-order valence-corrected chi connectivity index (χ1v) is 7.60. The minimum absolute atomic E-state index is 0.118. The Kier molecular flexibility index (Phi) is 5.21. The minimum Gasteiger partial charge on any atom is -0.481 e. The van der Waals surface area contributed by atoms with Crippen LogP contribution in [0.4, 0.5) is 5.69 Å². The molecule has 3 nitrogen and oxygen atoms in total. The number of hydrogen-bond acceptors (Lipinski definition) is 2. The summed E-state index contributed by atoms with van der Waals surface area (Å²) in [5, 5.41) is 2.94. The number of aryl methyl sites for hydroxylation is 3. The monoisotopic (exact) mass is 297 g/mol. The predicted octanol–water partition coefficient (Wildman–Crippen LogP) is 4.41. The van der Waals surface area contributed by atoms with Crippen LogP contribution >= 0.6 is 0 Å². The fraction of sp³-hybridized carbons (Fsp3) is 0.316. The molecule has 0 bridgehead atoms. The van der Waals surface area contributed by atoms with Crippen molar-refractivity contribution in [3.05, 3.63) is 59.2 Å². The van der Waals surface area contributed by atoms with Gasteiger partial charge in [0.15, 0.2) is 6.10 Å². The van der Waals surface area contributed by atoms with Gasteiger partial charge in [0.2, 0.25) is 0 Å². The Balaban J connectivity index is 2.06. The molecule has 0 spiro atoms. The Hall–Kier alpha value is -2.29. The van der Waals surface area contributed by atoms with Crippen LogP contribution in [0, 0.1) is 20.8 Å². The average Bonchev–Trinajstić information content (AvgIpc) is 2.45. The fourth-order valence-corrected chi connectivity index (χ4v) is 2.37. The third kappa shape index (κ3) is 4.35. The molecule has 3 heteroatoms. The van der Waals surface area contributed by atoms with E-state index in [4.69, 9.17) is 4.74 Å². The molecule has 2 aromatic carbocycles. The van der Waals surface area contributed by atoms with Crippen molar-refractivity contribution in [1.29, 1.82) is 0 Å². The number of carbonyl (C=O) groups excluding carboxylic acids is 1. The van der Waals surface area contributed by atoms with Gasteiger partial charge < -0.3 is 10.1 Å². The van der Waals surface area contributed by atoms with Gasteiger partial charge in [0.1, 0.15) is 5.75 Å². The van der Waals surface area contributed by atoms with Crippen molar-refractivity contribution in [1.82, 2.24) is 0 Å². The lowest BCUT2D eigenvalue weighted by molar-refractivity contribution is -0.122. The van der Waals surface area contributed by atoms with Crippen LogP contribution < -0.4 is 10.1 Å². The highest BCUT2D eigenvalue weighted by Gasteiger charge is 2.18. The van der Waals surface area contributed by atoms with E-state index in [2.05, 4.69) is 11.4 Å². The van der Waals surface area contributed by atoms with Crippen LogP contribution in [0.2, 0.25) is 0 Å². The largest absolute Gasteiger partial charge is 0.481 e. The summed E-state index contributed by atoms with van der Waals surface area (Å²) in [7, 11) is 0. The number of amides is 1. The molecule has 0 saturated heterocycles. The van der Waals surface area contributed by atoms with Crippen LogP contribution in [0.3, 0.4) is 0 Å². The van der Waals surface area contributed by atoms with Crippen molar-refractivity contribution in [2.75, 3.05) is 5.32 Å². The van der Waals surface area contributed by atoms with Gasteiger partial charge in [-0.15, -0.1) is 0 Å². The van der Waals surface area contributed by atoms with Crippen molar-refractivity contribution >= 4 is 11.6 Å². The van der Waals surface area contributed by atoms with Gasteiger partial charge in [-0.2, -0.15) is 0 Å². The maximum Gasteiger partial charge on any atom is 0.265 e. The van der Waals surface area contributed by atoms with Crippen LogP contribution in [0.1, 0.15) is 30.0 Å². The Bertz CT molecular complexity index is 627. The van der Waals surface area contributed by atoms with E-state index in [0.717, 1.165) is 16.8 Å². The van der Waals surface area contributed by atoms with Gasteiger partial charge in [-0.1, -0.05) is 30.7 Å². The number of benzene rings is 2. The van der Waals surface area contributed by atoms with Crippen LogP contribution in [0.15, 0.2) is 42.5 Å². The summed E-state index contributed by atoms with van der Waals surface area (Å²) in [6.45, 7) is 8.00. The first kappa shape index (κ1) is 16.1. The number of ether oxygens (including phenoxy) is 1. The second kappa shape index (κ2) is 7.12. The van der Waals surface area contributed by atoms with Crippen LogP contribution in [0.5, 0.6) is 5.75 Å². The molecule has 0 aromatic heterocycles. The summed E-state index contributed by atoms with van der Waals surface area (Å²) in [5.41, 5.74) is 4.24. The number of hydrogen-bond donors (Lipinski definition) is 1. The first-order chi connectivity index (χ1) is 10.5. The van der Waals surface area contributed by atoms with Gasteiger partial charge >= 0.3 is 0 Å². The van der Waals surface area contributed by atoms with Crippen molar-refractivity contribution in [2.45, 2.75) is 40.2 Å². The highest BCUT2D eigenvalue weighted by atomic mass is 16.5. The Labute approximate surface area is 132 Å². The van der Waals surface area contributed by atoms with E-state index in [1.54, 1.807) is 0 Å². The lowest BCUT2D eigenvalue weighted by Crippen LogP contribution is -2.32. The molecule has 116 valence electrons. The second-order valence-electron chi connectivity index (χ2n) is 5.69. The van der Waals surface area contributed by atoms with Gasteiger partial charge in [0.25, 0.3) is 5.91 Å². The topological polar surface area (TPSA) is 38.3 Å². The second-order valence-corrected chi connectivity index (χ2v) is 5.69. The molecule has 1 N–H and O–H groups in total. The van der Waals surface area contributed by atoms with E-state index in [1.807, 2.05) is 64.1 Å². The van der Waals surface area contributed by atoms with Crippen molar-refractivity contribution in [3.8, 4) is 5.75 Å². The highest BCUT2D eigenvalue weighted by Crippen LogP contribution is 2.17. The van der Waals surface area contributed by atoms with E-state index < -0.39 is 6.10 Å². The molecule has 0 fully saturated rings. The molecule has 22 heavy (non-hydrogen) atoms. The molecular formula is C19H23NO2. The van der Waals surface area contributed by atoms with E-state index >= 15 is 0 Å². The molecule has 1 amide bonds. The molecule has 0 aliphatic carbocycles. The van der Waals surface area contributed by atoms with Gasteiger partial charge in [0, 0.05) is 5.69 Å². The first-order valence-electron chi connectivity index (χ1n) is 7.60. The van der Waals surface area contributed by atoms with Crippen LogP contribution in [0.25, 0.3) is 0 Å². The molecule has 2 aromatic rings. The molecular weight excluding hydrogens is 274 g/mol. The summed E-state index contributed by atoms with van der Waals surface area (Å²) in [6.07, 6.45) is 0.119. The minimum atomic E-state index is -0.497. The SMILES string of the molecule is CCC(Oc1ccc(C)cc1)C(=O)Nc1cc(C)cc(C)c1. The fourth-order valence-electron chi connectivity index (χ4n) is 2.37. The average molecular weight is 297 g/mol. The highest BCUT2D eigenvalue weighted by molar-refractivity contribution is 5.94. The third-order valence-corrected chi connectivity index (χ3v) is 3.45. The number of anilines is 1. The predicted molar refractivity (Wildman–Crippen MR) is 90.4 cm³/mol. The van der Waals surface area contributed by atoms with Gasteiger partial charge in [-0.25, -0.2) is 0 Å². The van der Waals surface area contributed by atoms with Crippen LogP contribution in [-0.2, 0) is 4.79 Å². The molecule has 1 unspecified atom stereocenters. The molecule has 0 aliphatic heterocycles. The molecule has 0 aliphatic rings. The van der Waals surface area contributed by atoms with E-state index in [1.165, 1.54) is 5.56 Å².